The Hall–Kier alpha value is -0.0800. The number of hydrogen-bond acceptors (Lipinski definition) is 2. The molecule has 0 saturated heterocycles. The van der Waals surface area contributed by atoms with E-state index in [1.807, 2.05) is 6.92 Å². The number of aliphatic hydroxyl groups excluding tert-OH is 1. The summed E-state index contributed by atoms with van der Waals surface area (Å²) < 4.78 is 5.65. The predicted molar refractivity (Wildman–Crippen MR) is 58.0 cm³/mol. The van der Waals surface area contributed by atoms with Crippen LogP contribution in [0.3, 0.4) is 0 Å². The van der Waals surface area contributed by atoms with Crippen molar-refractivity contribution < 1.29 is 9.84 Å². The summed E-state index contributed by atoms with van der Waals surface area (Å²) >= 11 is 0. The van der Waals surface area contributed by atoms with Gasteiger partial charge in [0.2, 0.25) is 0 Å². The molecule has 1 rings (SSSR count). The number of rotatable bonds is 4. The molecule has 84 valence electrons. The maximum Gasteiger partial charge on any atom is 0.157 e. The van der Waals surface area contributed by atoms with Gasteiger partial charge in [-0.2, -0.15) is 0 Å². The van der Waals surface area contributed by atoms with Gasteiger partial charge < -0.3 is 9.84 Å². The molecule has 14 heavy (non-hydrogen) atoms. The third-order valence-corrected chi connectivity index (χ3v) is 3.43. The summed E-state index contributed by atoms with van der Waals surface area (Å²) in [6.45, 7) is 6.41. The first-order chi connectivity index (χ1) is 6.63. The Morgan fingerprint density at radius 3 is 2.36 bits per heavy atom. The van der Waals surface area contributed by atoms with Crippen LogP contribution in [0.25, 0.3) is 0 Å². The average molecular weight is 200 g/mol. The Bertz CT molecular complexity index is 150. The second kappa shape index (κ2) is 5.72. The molecule has 0 aromatic heterocycles. The fourth-order valence-electron chi connectivity index (χ4n) is 1.90. The predicted octanol–water partition coefficient (Wildman–Crippen LogP) is 2.95. The minimum Gasteiger partial charge on any atom is -0.368 e. The average Bonchev–Trinajstić information content (AvgIpc) is 2.20. The molecule has 1 fully saturated rings. The summed E-state index contributed by atoms with van der Waals surface area (Å²) in [5.41, 5.74) is 0. The smallest absolute Gasteiger partial charge is 0.157 e. The molecule has 0 radical (unpaired) electrons. The van der Waals surface area contributed by atoms with E-state index in [2.05, 4.69) is 13.8 Å². The summed E-state index contributed by atoms with van der Waals surface area (Å²) in [6.07, 6.45) is 5.46. The van der Waals surface area contributed by atoms with Crippen molar-refractivity contribution in [2.24, 2.45) is 11.8 Å². The SMILES string of the molecule is CCC(C)C(O)OC1CCC(C)CC1. The van der Waals surface area contributed by atoms with E-state index in [9.17, 15) is 5.11 Å². The molecule has 2 heteroatoms. The van der Waals surface area contributed by atoms with Crippen LogP contribution >= 0.6 is 0 Å². The fraction of sp³-hybridized carbons (Fsp3) is 1.00. The molecular weight excluding hydrogens is 176 g/mol. The summed E-state index contributed by atoms with van der Waals surface area (Å²) in [5, 5.41) is 9.71. The fourth-order valence-corrected chi connectivity index (χ4v) is 1.90. The van der Waals surface area contributed by atoms with E-state index in [4.69, 9.17) is 4.74 Å². The number of hydrogen-bond donors (Lipinski definition) is 1. The van der Waals surface area contributed by atoms with Crippen molar-refractivity contribution in [3.8, 4) is 0 Å². The van der Waals surface area contributed by atoms with Crippen molar-refractivity contribution in [2.45, 2.75) is 65.3 Å². The number of ether oxygens (including phenoxy) is 1. The Morgan fingerprint density at radius 2 is 1.86 bits per heavy atom. The maximum atomic E-state index is 9.71. The van der Waals surface area contributed by atoms with Gasteiger partial charge in [0.05, 0.1) is 6.10 Å². The monoisotopic (exact) mass is 200 g/mol. The molecular formula is C12H24O2. The van der Waals surface area contributed by atoms with Gasteiger partial charge in [0.15, 0.2) is 6.29 Å². The van der Waals surface area contributed by atoms with Gasteiger partial charge >= 0.3 is 0 Å². The second-order valence-electron chi connectivity index (χ2n) is 4.79. The molecule has 0 aromatic rings. The van der Waals surface area contributed by atoms with Crippen LogP contribution in [0.5, 0.6) is 0 Å². The highest BCUT2D eigenvalue weighted by Crippen LogP contribution is 2.27. The minimum atomic E-state index is -0.557. The van der Waals surface area contributed by atoms with Crippen molar-refractivity contribution >= 4 is 0 Å². The van der Waals surface area contributed by atoms with E-state index >= 15 is 0 Å². The minimum absolute atomic E-state index is 0.259. The summed E-state index contributed by atoms with van der Waals surface area (Å²) in [7, 11) is 0. The van der Waals surface area contributed by atoms with Gasteiger partial charge in [-0.25, -0.2) is 0 Å². The molecule has 2 nitrogen and oxygen atoms in total. The van der Waals surface area contributed by atoms with Crippen LogP contribution in [0.1, 0.15) is 52.9 Å². The van der Waals surface area contributed by atoms with Crippen molar-refractivity contribution in [1.82, 2.24) is 0 Å². The molecule has 2 atom stereocenters. The standard InChI is InChI=1S/C12H24O2/c1-4-10(3)12(13)14-11-7-5-9(2)6-8-11/h9-13H,4-8H2,1-3H3. The molecule has 0 amide bonds. The molecule has 0 aliphatic heterocycles. The molecule has 1 N–H and O–H groups in total. The van der Waals surface area contributed by atoms with Gasteiger partial charge in [-0.1, -0.05) is 20.8 Å². The lowest BCUT2D eigenvalue weighted by Gasteiger charge is -2.29. The maximum absolute atomic E-state index is 9.71. The molecule has 1 aliphatic carbocycles. The lowest BCUT2D eigenvalue weighted by molar-refractivity contribution is -0.171. The molecule has 1 saturated carbocycles. The first-order valence-corrected chi connectivity index (χ1v) is 5.97. The molecule has 0 spiro atoms. The summed E-state index contributed by atoms with van der Waals surface area (Å²) in [6, 6.07) is 0. The zero-order chi connectivity index (χ0) is 10.6. The van der Waals surface area contributed by atoms with Crippen LogP contribution in [0, 0.1) is 11.8 Å². The van der Waals surface area contributed by atoms with Crippen LogP contribution in [0.15, 0.2) is 0 Å². The van der Waals surface area contributed by atoms with E-state index in [0.717, 1.165) is 25.2 Å². The zero-order valence-electron chi connectivity index (χ0n) is 9.70. The zero-order valence-corrected chi connectivity index (χ0v) is 9.70. The Labute approximate surface area is 87.7 Å². The molecule has 1 aliphatic rings. The van der Waals surface area contributed by atoms with Gasteiger partial charge in [-0.15, -0.1) is 0 Å². The lowest BCUT2D eigenvalue weighted by Crippen LogP contribution is -2.29. The van der Waals surface area contributed by atoms with Gasteiger partial charge in [0.1, 0.15) is 0 Å². The Morgan fingerprint density at radius 1 is 1.29 bits per heavy atom. The molecule has 2 unspecified atom stereocenters. The van der Waals surface area contributed by atoms with Crippen molar-refractivity contribution in [1.29, 1.82) is 0 Å². The van der Waals surface area contributed by atoms with Gasteiger partial charge in [0, 0.05) is 5.92 Å². The Kier molecular flexibility index (Phi) is 4.90. The van der Waals surface area contributed by atoms with Crippen LogP contribution in [0.2, 0.25) is 0 Å². The number of aliphatic hydroxyl groups is 1. The highest BCUT2D eigenvalue weighted by molar-refractivity contribution is 4.71. The van der Waals surface area contributed by atoms with Crippen LogP contribution in [-0.2, 0) is 4.74 Å². The third-order valence-electron chi connectivity index (χ3n) is 3.43. The van der Waals surface area contributed by atoms with Gasteiger partial charge in [-0.3, -0.25) is 0 Å². The first kappa shape index (κ1) is 12.0. The molecule has 0 heterocycles. The molecule has 0 bridgehead atoms. The third kappa shape index (κ3) is 3.58. The van der Waals surface area contributed by atoms with Crippen molar-refractivity contribution in [3.05, 3.63) is 0 Å². The van der Waals surface area contributed by atoms with Crippen LogP contribution in [0.4, 0.5) is 0 Å². The quantitative estimate of drug-likeness (QED) is 0.707. The highest BCUT2D eigenvalue weighted by atomic mass is 16.6. The summed E-state index contributed by atoms with van der Waals surface area (Å²) in [4.78, 5) is 0. The van der Waals surface area contributed by atoms with E-state index in [0.29, 0.717) is 6.10 Å². The van der Waals surface area contributed by atoms with Crippen molar-refractivity contribution in [3.63, 3.8) is 0 Å². The highest BCUT2D eigenvalue weighted by Gasteiger charge is 2.23. The van der Waals surface area contributed by atoms with E-state index in [1.165, 1.54) is 12.8 Å². The largest absolute Gasteiger partial charge is 0.368 e. The first-order valence-electron chi connectivity index (χ1n) is 5.97. The topological polar surface area (TPSA) is 29.5 Å². The second-order valence-corrected chi connectivity index (χ2v) is 4.79. The lowest BCUT2D eigenvalue weighted by atomic mass is 9.89. The van der Waals surface area contributed by atoms with E-state index in [-0.39, 0.29) is 5.92 Å². The van der Waals surface area contributed by atoms with Gasteiger partial charge in [-0.05, 0) is 38.0 Å². The van der Waals surface area contributed by atoms with Crippen molar-refractivity contribution in [2.75, 3.05) is 0 Å². The Balaban J connectivity index is 2.23. The van der Waals surface area contributed by atoms with Gasteiger partial charge in [0.25, 0.3) is 0 Å². The van der Waals surface area contributed by atoms with E-state index < -0.39 is 6.29 Å². The van der Waals surface area contributed by atoms with Crippen LogP contribution < -0.4 is 0 Å². The summed E-state index contributed by atoms with van der Waals surface area (Å²) in [5.74, 6) is 1.10. The van der Waals surface area contributed by atoms with E-state index in [1.54, 1.807) is 0 Å². The normalized spacial score (nSPS) is 32.6. The van der Waals surface area contributed by atoms with Crippen LogP contribution in [-0.4, -0.2) is 17.5 Å². The molecule has 0 aromatic carbocycles.